The summed E-state index contributed by atoms with van der Waals surface area (Å²) >= 11 is 0. The maximum Gasteiger partial charge on any atom is 0.0685 e. The number of allylic oxidation sites excluding steroid dienone is 1. The third kappa shape index (κ3) is 1.12. The number of aryl methyl sites for hydroxylation is 1. The zero-order chi connectivity index (χ0) is 9.54. The zero-order valence-electron chi connectivity index (χ0n) is 8.34. The molecule has 1 aromatic rings. The molecule has 1 aromatic heterocycles. The van der Waals surface area contributed by atoms with Crippen molar-refractivity contribution in [2.45, 2.75) is 32.4 Å². The van der Waals surface area contributed by atoms with Crippen LogP contribution in [0.1, 0.15) is 23.4 Å². The molecular formula is C11H15N3. The van der Waals surface area contributed by atoms with Gasteiger partial charge >= 0.3 is 0 Å². The summed E-state index contributed by atoms with van der Waals surface area (Å²) in [6.07, 6.45) is 3.22. The van der Waals surface area contributed by atoms with Crippen molar-refractivity contribution in [2.75, 3.05) is 6.54 Å². The molecule has 0 saturated heterocycles. The summed E-state index contributed by atoms with van der Waals surface area (Å²) < 4.78 is 2.19. The van der Waals surface area contributed by atoms with Gasteiger partial charge in [-0.3, -0.25) is 4.68 Å². The molecule has 0 unspecified atom stereocenters. The average Bonchev–Trinajstić information content (AvgIpc) is 2.56. The number of fused-ring (bicyclic) bond motifs is 3. The summed E-state index contributed by atoms with van der Waals surface area (Å²) in [6.45, 7) is 7.18. The van der Waals surface area contributed by atoms with Crippen LogP contribution in [0.2, 0.25) is 0 Å². The Morgan fingerprint density at radius 3 is 3.21 bits per heavy atom. The van der Waals surface area contributed by atoms with Crippen molar-refractivity contribution in [1.82, 2.24) is 15.1 Å². The van der Waals surface area contributed by atoms with Gasteiger partial charge in [-0.25, -0.2) is 0 Å². The summed E-state index contributed by atoms with van der Waals surface area (Å²) in [5.74, 6) is 0. The van der Waals surface area contributed by atoms with Crippen LogP contribution in [0.3, 0.4) is 0 Å². The third-order valence-electron chi connectivity index (χ3n) is 3.18. The predicted molar refractivity (Wildman–Crippen MR) is 55.1 cm³/mol. The van der Waals surface area contributed by atoms with Crippen LogP contribution >= 0.6 is 0 Å². The van der Waals surface area contributed by atoms with Gasteiger partial charge < -0.3 is 5.32 Å². The van der Waals surface area contributed by atoms with Crippen molar-refractivity contribution in [2.24, 2.45) is 0 Å². The Hall–Kier alpha value is -1.09. The molecule has 0 aromatic carbocycles. The van der Waals surface area contributed by atoms with Gasteiger partial charge in [0.15, 0.2) is 0 Å². The minimum atomic E-state index is 0.998. The van der Waals surface area contributed by atoms with Gasteiger partial charge in [-0.15, -0.1) is 0 Å². The van der Waals surface area contributed by atoms with Gasteiger partial charge in [0.25, 0.3) is 0 Å². The van der Waals surface area contributed by atoms with Gasteiger partial charge in [0.05, 0.1) is 5.69 Å². The van der Waals surface area contributed by atoms with E-state index in [0.717, 1.165) is 38.9 Å². The van der Waals surface area contributed by atoms with Crippen molar-refractivity contribution in [3.8, 4) is 0 Å². The highest BCUT2D eigenvalue weighted by molar-refractivity contribution is 5.32. The second-order valence-electron chi connectivity index (χ2n) is 4.20. The molecule has 2 aliphatic rings. The molecule has 3 heterocycles. The van der Waals surface area contributed by atoms with Crippen LogP contribution in [-0.2, 0) is 25.9 Å². The molecule has 14 heavy (non-hydrogen) atoms. The first-order valence-corrected chi connectivity index (χ1v) is 5.29. The Balaban J connectivity index is 2.09. The monoisotopic (exact) mass is 189 g/mol. The van der Waals surface area contributed by atoms with E-state index in [4.69, 9.17) is 0 Å². The van der Waals surface area contributed by atoms with Crippen LogP contribution in [0.4, 0.5) is 0 Å². The SMILES string of the molecule is C=C1CCn2nc3c(c2C1)CNCC3. The first kappa shape index (κ1) is 8.24. The van der Waals surface area contributed by atoms with Gasteiger partial charge in [-0.05, 0) is 6.42 Å². The van der Waals surface area contributed by atoms with Crippen LogP contribution in [0.25, 0.3) is 0 Å². The van der Waals surface area contributed by atoms with E-state index >= 15 is 0 Å². The van der Waals surface area contributed by atoms with E-state index in [1.807, 2.05) is 0 Å². The molecule has 1 N–H and O–H groups in total. The third-order valence-corrected chi connectivity index (χ3v) is 3.18. The molecular weight excluding hydrogens is 174 g/mol. The topological polar surface area (TPSA) is 29.9 Å². The fourth-order valence-corrected chi connectivity index (χ4v) is 2.39. The van der Waals surface area contributed by atoms with Crippen molar-refractivity contribution in [3.05, 3.63) is 29.1 Å². The quantitative estimate of drug-likeness (QED) is 0.618. The molecule has 0 amide bonds. The van der Waals surface area contributed by atoms with E-state index < -0.39 is 0 Å². The Morgan fingerprint density at radius 1 is 1.36 bits per heavy atom. The van der Waals surface area contributed by atoms with Crippen molar-refractivity contribution in [1.29, 1.82) is 0 Å². The second kappa shape index (κ2) is 2.95. The van der Waals surface area contributed by atoms with Crippen molar-refractivity contribution in [3.63, 3.8) is 0 Å². The Kier molecular flexibility index (Phi) is 1.74. The molecule has 2 aliphatic heterocycles. The maximum atomic E-state index is 4.66. The molecule has 0 saturated carbocycles. The van der Waals surface area contributed by atoms with Gasteiger partial charge in [-0.1, -0.05) is 12.2 Å². The van der Waals surface area contributed by atoms with E-state index in [0.29, 0.717) is 0 Å². The van der Waals surface area contributed by atoms with Gasteiger partial charge in [-0.2, -0.15) is 5.10 Å². The Labute approximate surface area is 83.8 Å². The number of rotatable bonds is 0. The van der Waals surface area contributed by atoms with E-state index in [-0.39, 0.29) is 0 Å². The first-order chi connectivity index (χ1) is 6.84. The molecule has 3 heteroatoms. The molecule has 0 fully saturated rings. The van der Waals surface area contributed by atoms with Crippen LogP contribution < -0.4 is 5.32 Å². The molecule has 0 spiro atoms. The zero-order valence-corrected chi connectivity index (χ0v) is 8.34. The largest absolute Gasteiger partial charge is 0.312 e. The highest BCUT2D eigenvalue weighted by Gasteiger charge is 2.22. The summed E-state index contributed by atoms with van der Waals surface area (Å²) in [4.78, 5) is 0. The minimum Gasteiger partial charge on any atom is -0.312 e. The summed E-state index contributed by atoms with van der Waals surface area (Å²) in [5, 5.41) is 8.07. The standard InChI is InChI=1S/C11H15N3/c1-8-3-5-14-11(6-8)9-7-12-4-2-10(9)13-14/h12H,1-7H2. The molecule has 3 rings (SSSR count). The van der Waals surface area contributed by atoms with Gasteiger partial charge in [0.2, 0.25) is 0 Å². The number of nitrogens with one attached hydrogen (secondary N) is 1. The highest BCUT2D eigenvalue weighted by atomic mass is 15.3. The second-order valence-corrected chi connectivity index (χ2v) is 4.20. The lowest BCUT2D eigenvalue weighted by Gasteiger charge is -2.18. The summed E-state index contributed by atoms with van der Waals surface area (Å²) in [7, 11) is 0. The van der Waals surface area contributed by atoms with E-state index in [9.17, 15) is 0 Å². The molecule has 3 nitrogen and oxygen atoms in total. The number of hydrogen-bond acceptors (Lipinski definition) is 2. The summed E-state index contributed by atoms with van der Waals surface area (Å²) in [6, 6.07) is 0. The molecule has 0 atom stereocenters. The lowest BCUT2D eigenvalue weighted by molar-refractivity contribution is 0.545. The van der Waals surface area contributed by atoms with Crippen molar-refractivity contribution < 1.29 is 0 Å². The van der Waals surface area contributed by atoms with Crippen molar-refractivity contribution >= 4 is 0 Å². The lowest BCUT2D eigenvalue weighted by Crippen LogP contribution is -2.24. The van der Waals surface area contributed by atoms with Gasteiger partial charge in [0.1, 0.15) is 0 Å². The maximum absolute atomic E-state index is 4.66. The fraction of sp³-hybridized carbons (Fsp3) is 0.545. The van der Waals surface area contributed by atoms with Crippen LogP contribution in [-0.4, -0.2) is 16.3 Å². The van der Waals surface area contributed by atoms with Crippen LogP contribution in [0.5, 0.6) is 0 Å². The number of nitrogens with zero attached hydrogens (tertiary/aromatic N) is 2. The van der Waals surface area contributed by atoms with E-state index in [1.165, 1.54) is 22.5 Å². The lowest BCUT2D eigenvalue weighted by atomic mass is 9.99. The number of hydrogen-bond donors (Lipinski definition) is 1. The smallest absolute Gasteiger partial charge is 0.0685 e. The molecule has 0 aliphatic carbocycles. The fourth-order valence-electron chi connectivity index (χ4n) is 2.39. The highest BCUT2D eigenvalue weighted by Crippen LogP contribution is 2.25. The molecule has 0 bridgehead atoms. The van der Waals surface area contributed by atoms with E-state index in [1.54, 1.807) is 0 Å². The number of aromatic nitrogens is 2. The van der Waals surface area contributed by atoms with Gasteiger partial charge in [0, 0.05) is 43.7 Å². The average molecular weight is 189 g/mol. The van der Waals surface area contributed by atoms with E-state index in [2.05, 4.69) is 21.7 Å². The van der Waals surface area contributed by atoms with Crippen LogP contribution in [0.15, 0.2) is 12.2 Å². The Morgan fingerprint density at radius 2 is 2.29 bits per heavy atom. The predicted octanol–water partition coefficient (Wildman–Crippen LogP) is 1.03. The normalized spacial score (nSPS) is 20.4. The minimum absolute atomic E-state index is 0.998. The summed E-state index contributed by atoms with van der Waals surface area (Å²) in [5.41, 5.74) is 5.51. The van der Waals surface area contributed by atoms with Crippen LogP contribution in [0, 0.1) is 0 Å². The first-order valence-electron chi connectivity index (χ1n) is 5.29. The molecule has 74 valence electrons. The Bertz CT molecular complexity index is 389. The molecule has 0 radical (unpaired) electrons.